The van der Waals surface area contributed by atoms with E-state index < -0.39 is 0 Å². The second kappa shape index (κ2) is 11.1. The van der Waals surface area contributed by atoms with Gasteiger partial charge in [-0.15, -0.1) is 0 Å². The van der Waals surface area contributed by atoms with Gasteiger partial charge in [-0.3, -0.25) is 0 Å². The topological polar surface area (TPSA) is 65.9 Å². The lowest BCUT2D eigenvalue weighted by Gasteiger charge is -2.03. The standard InChI is InChI=1S/C14H12N2O2.C3H8.C2H6/c1-9-13(14(17)18-2)12(8-16-9)11-5-3-10(7-15)4-6-11;1-3-2;1-2/h3-6,8,16H,1-2H3;3H2,1-2H3;1-2H3. The molecular formula is C19H26N2O2. The van der Waals surface area contributed by atoms with Crippen LogP contribution >= 0.6 is 0 Å². The maximum atomic E-state index is 11.7. The van der Waals surface area contributed by atoms with Gasteiger partial charge in [-0.1, -0.05) is 46.2 Å². The Bertz CT molecular complexity index is 634. The number of esters is 1. The van der Waals surface area contributed by atoms with Crippen LogP contribution in [-0.2, 0) is 4.74 Å². The first-order valence-corrected chi connectivity index (χ1v) is 7.85. The Labute approximate surface area is 139 Å². The Balaban J connectivity index is 0.000000868. The van der Waals surface area contributed by atoms with Crippen LogP contribution in [-0.4, -0.2) is 18.1 Å². The van der Waals surface area contributed by atoms with E-state index in [1.54, 1.807) is 18.3 Å². The maximum Gasteiger partial charge on any atom is 0.340 e. The van der Waals surface area contributed by atoms with Crippen LogP contribution in [0.5, 0.6) is 0 Å². The minimum absolute atomic E-state index is 0.367. The highest BCUT2D eigenvalue weighted by atomic mass is 16.5. The summed E-state index contributed by atoms with van der Waals surface area (Å²) >= 11 is 0. The first kappa shape index (κ1) is 20.5. The van der Waals surface area contributed by atoms with Gasteiger partial charge in [0.1, 0.15) is 0 Å². The first-order chi connectivity index (χ1) is 11.1. The lowest BCUT2D eigenvalue weighted by atomic mass is 10.0. The van der Waals surface area contributed by atoms with Crippen molar-refractivity contribution in [3.63, 3.8) is 0 Å². The molecule has 0 aliphatic carbocycles. The molecule has 0 atom stereocenters. The number of aromatic nitrogens is 1. The number of carbonyl (C=O) groups is 1. The summed E-state index contributed by atoms with van der Waals surface area (Å²) in [5.41, 5.74) is 3.54. The average Bonchev–Trinajstić information content (AvgIpc) is 2.98. The number of nitriles is 1. The normalized spacial score (nSPS) is 8.74. The Morgan fingerprint density at radius 2 is 1.74 bits per heavy atom. The van der Waals surface area contributed by atoms with Crippen molar-refractivity contribution in [3.05, 3.63) is 47.3 Å². The predicted molar refractivity (Wildman–Crippen MR) is 94.3 cm³/mol. The summed E-state index contributed by atoms with van der Waals surface area (Å²) in [5, 5.41) is 8.75. The van der Waals surface area contributed by atoms with Crippen molar-refractivity contribution in [1.82, 2.24) is 4.98 Å². The number of H-pyrrole nitrogens is 1. The highest BCUT2D eigenvalue weighted by Gasteiger charge is 2.17. The van der Waals surface area contributed by atoms with Crippen LogP contribution in [0.2, 0.25) is 0 Å². The van der Waals surface area contributed by atoms with Crippen molar-refractivity contribution < 1.29 is 9.53 Å². The number of benzene rings is 1. The van der Waals surface area contributed by atoms with E-state index in [-0.39, 0.29) is 5.97 Å². The summed E-state index contributed by atoms with van der Waals surface area (Å²) < 4.78 is 4.77. The number of nitrogens with one attached hydrogen (secondary N) is 1. The van der Waals surface area contributed by atoms with Crippen LogP contribution in [0, 0.1) is 18.3 Å². The molecule has 0 fully saturated rings. The molecule has 0 spiro atoms. The van der Waals surface area contributed by atoms with E-state index in [0.717, 1.165) is 16.8 Å². The second-order valence-corrected chi connectivity index (χ2v) is 4.59. The molecule has 0 bridgehead atoms. The average molecular weight is 314 g/mol. The third-order valence-electron chi connectivity index (χ3n) is 2.79. The van der Waals surface area contributed by atoms with Gasteiger partial charge in [0.05, 0.1) is 24.3 Å². The van der Waals surface area contributed by atoms with E-state index >= 15 is 0 Å². The van der Waals surface area contributed by atoms with Gasteiger partial charge in [0.2, 0.25) is 0 Å². The van der Waals surface area contributed by atoms with E-state index in [9.17, 15) is 4.79 Å². The number of methoxy groups -OCH3 is 1. The van der Waals surface area contributed by atoms with Crippen molar-refractivity contribution in [2.75, 3.05) is 7.11 Å². The van der Waals surface area contributed by atoms with Crippen LogP contribution in [0.15, 0.2) is 30.5 Å². The minimum atomic E-state index is -0.367. The third-order valence-corrected chi connectivity index (χ3v) is 2.79. The van der Waals surface area contributed by atoms with E-state index in [2.05, 4.69) is 24.9 Å². The highest BCUT2D eigenvalue weighted by molar-refractivity contribution is 5.98. The number of ether oxygens (including phenoxy) is 1. The Morgan fingerprint density at radius 1 is 1.22 bits per heavy atom. The fraction of sp³-hybridized carbons (Fsp3) is 0.368. The van der Waals surface area contributed by atoms with Gasteiger partial charge in [0.25, 0.3) is 0 Å². The molecule has 0 saturated heterocycles. The molecule has 4 nitrogen and oxygen atoms in total. The number of aromatic amines is 1. The van der Waals surface area contributed by atoms with Crippen molar-refractivity contribution >= 4 is 5.97 Å². The summed E-state index contributed by atoms with van der Waals surface area (Å²) in [6, 6.07) is 9.13. The monoisotopic (exact) mass is 314 g/mol. The SMILES string of the molecule is CC.CCC.COC(=O)c1c(-c2ccc(C#N)cc2)c[nH]c1C. The number of aryl methyl sites for hydroxylation is 1. The molecule has 2 aromatic rings. The summed E-state index contributed by atoms with van der Waals surface area (Å²) in [7, 11) is 1.36. The molecule has 0 radical (unpaired) electrons. The largest absolute Gasteiger partial charge is 0.465 e. The van der Waals surface area contributed by atoms with Crippen molar-refractivity contribution in [3.8, 4) is 17.2 Å². The number of hydrogen-bond acceptors (Lipinski definition) is 3. The van der Waals surface area contributed by atoms with Gasteiger partial charge in [-0.25, -0.2) is 4.79 Å². The Kier molecular flexibility index (Phi) is 9.86. The molecule has 0 aliphatic heterocycles. The van der Waals surface area contributed by atoms with Crippen LogP contribution in [0.1, 0.15) is 55.7 Å². The van der Waals surface area contributed by atoms with Gasteiger partial charge in [-0.05, 0) is 24.6 Å². The molecule has 2 rings (SSSR count). The first-order valence-electron chi connectivity index (χ1n) is 7.85. The van der Waals surface area contributed by atoms with E-state index in [1.807, 2.05) is 32.9 Å². The summed E-state index contributed by atoms with van der Waals surface area (Å²) in [6.07, 6.45) is 3.02. The molecule has 0 amide bonds. The molecule has 124 valence electrons. The van der Waals surface area contributed by atoms with E-state index in [4.69, 9.17) is 10.00 Å². The van der Waals surface area contributed by atoms with E-state index in [0.29, 0.717) is 11.1 Å². The zero-order valence-corrected chi connectivity index (χ0v) is 14.9. The van der Waals surface area contributed by atoms with E-state index in [1.165, 1.54) is 13.5 Å². The molecule has 23 heavy (non-hydrogen) atoms. The van der Waals surface area contributed by atoms with Gasteiger partial charge in [0, 0.05) is 17.5 Å². The van der Waals surface area contributed by atoms with Gasteiger partial charge in [-0.2, -0.15) is 5.26 Å². The Hall–Kier alpha value is -2.54. The van der Waals surface area contributed by atoms with Crippen molar-refractivity contribution in [2.45, 2.75) is 41.0 Å². The minimum Gasteiger partial charge on any atom is -0.465 e. The summed E-state index contributed by atoms with van der Waals surface area (Å²) in [6.45, 7) is 10.1. The smallest absolute Gasteiger partial charge is 0.340 e. The van der Waals surface area contributed by atoms with Gasteiger partial charge < -0.3 is 9.72 Å². The molecule has 0 unspecified atom stereocenters. The molecule has 0 aliphatic rings. The quantitative estimate of drug-likeness (QED) is 0.785. The number of rotatable bonds is 2. The molecular weight excluding hydrogens is 288 g/mol. The van der Waals surface area contributed by atoms with Crippen molar-refractivity contribution in [1.29, 1.82) is 5.26 Å². The zero-order chi connectivity index (χ0) is 17.8. The number of hydrogen-bond donors (Lipinski definition) is 1. The fourth-order valence-electron chi connectivity index (χ4n) is 1.84. The maximum absolute atomic E-state index is 11.7. The molecule has 1 heterocycles. The predicted octanol–water partition coefficient (Wildman–Crippen LogP) is 5.09. The second-order valence-electron chi connectivity index (χ2n) is 4.59. The van der Waals surface area contributed by atoms with Crippen LogP contribution in [0.4, 0.5) is 0 Å². The summed E-state index contributed by atoms with van der Waals surface area (Å²) in [5.74, 6) is -0.367. The highest BCUT2D eigenvalue weighted by Crippen LogP contribution is 2.26. The zero-order valence-electron chi connectivity index (χ0n) is 14.9. The lowest BCUT2D eigenvalue weighted by molar-refractivity contribution is 0.0601. The fourth-order valence-corrected chi connectivity index (χ4v) is 1.84. The van der Waals surface area contributed by atoms with Crippen molar-refractivity contribution in [2.24, 2.45) is 0 Å². The number of nitrogens with zero attached hydrogens (tertiary/aromatic N) is 1. The molecule has 1 aromatic heterocycles. The Morgan fingerprint density at radius 3 is 2.17 bits per heavy atom. The molecule has 1 aromatic carbocycles. The number of carbonyl (C=O) groups excluding carboxylic acids is 1. The molecule has 1 N–H and O–H groups in total. The third kappa shape index (κ3) is 5.63. The van der Waals surface area contributed by atoms with Gasteiger partial charge in [0.15, 0.2) is 0 Å². The van der Waals surface area contributed by atoms with Crippen LogP contribution < -0.4 is 0 Å². The molecule has 0 saturated carbocycles. The van der Waals surface area contributed by atoms with Crippen LogP contribution in [0.25, 0.3) is 11.1 Å². The van der Waals surface area contributed by atoms with Crippen LogP contribution in [0.3, 0.4) is 0 Å². The molecule has 4 heteroatoms. The van der Waals surface area contributed by atoms with Gasteiger partial charge >= 0.3 is 5.97 Å². The lowest BCUT2D eigenvalue weighted by Crippen LogP contribution is -2.03. The summed E-state index contributed by atoms with van der Waals surface area (Å²) in [4.78, 5) is 14.7.